The highest BCUT2D eigenvalue weighted by molar-refractivity contribution is 7.18. The van der Waals surface area contributed by atoms with Crippen molar-refractivity contribution >= 4 is 51.3 Å². The van der Waals surface area contributed by atoms with Crippen molar-refractivity contribution in [3.63, 3.8) is 0 Å². The second-order valence-electron chi connectivity index (χ2n) is 9.55. The van der Waals surface area contributed by atoms with Crippen LogP contribution in [0.1, 0.15) is 5.56 Å². The lowest BCUT2D eigenvalue weighted by atomic mass is 10.1. The first-order chi connectivity index (χ1) is 20.5. The van der Waals surface area contributed by atoms with Crippen LogP contribution in [0.4, 0.5) is 17.1 Å². The number of anilines is 3. The van der Waals surface area contributed by atoms with E-state index in [1.807, 2.05) is 54.6 Å². The molecule has 0 radical (unpaired) electrons. The number of carboxylic acids is 1. The van der Waals surface area contributed by atoms with Crippen LogP contribution in [0.15, 0.2) is 132 Å². The third-order valence-corrected chi connectivity index (χ3v) is 8.04. The van der Waals surface area contributed by atoms with E-state index in [0.717, 1.165) is 49.4 Å². The number of H-pyrrole nitrogens is 1. The largest absolute Gasteiger partial charge is 0.477 e. The first-order valence-corrected chi connectivity index (χ1v) is 13.9. The molecule has 0 amide bonds. The summed E-state index contributed by atoms with van der Waals surface area (Å²) in [6, 6.07) is 42.2. The van der Waals surface area contributed by atoms with Crippen molar-refractivity contribution in [1.82, 2.24) is 4.98 Å². The third kappa shape index (κ3) is 5.35. The molecule has 0 saturated heterocycles. The highest BCUT2D eigenvalue weighted by atomic mass is 32.1. The maximum absolute atomic E-state index is 12.6. The molecule has 2 heterocycles. The summed E-state index contributed by atoms with van der Waals surface area (Å²) in [4.78, 5) is 31.0. The van der Waals surface area contributed by atoms with Crippen LogP contribution in [0.5, 0.6) is 0 Å². The molecule has 6 nitrogen and oxygen atoms in total. The molecule has 6 aromatic rings. The van der Waals surface area contributed by atoms with E-state index in [1.165, 1.54) is 0 Å². The van der Waals surface area contributed by atoms with Gasteiger partial charge in [-0.1, -0.05) is 60.7 Å². The van der Waals surface area contributed by atoms with Gasteiger partial charge in [0, 0.05) is 37.9 Å². The Morgan fingerprint density at radius 2 is 1.33 bits per heavy atom. The summed E-state index contributed by atoms with van der Waals surface area (Å²) >= 11 is 1.66. The Bertz CT molecular complexity index is 2000. The molecule has 2 N–H and O–H groups in total. The van der Waals surface area contributed by atoms with Gasteiger partial charge in [-0.3, -0.25) is 4.79 Å². The molecule has 0 spiro atoms. The zero-order valence-corrected chi connectivity index (χ0v) is 23.0. The molecule has 202 valence electrons. The molecule has 0 atom stereocenters. The third-order valence-electron chi connectivity index (χ3n) is 6.85. The SMILES string of the molecule is N#C/C(=C\c1cc2ccc(-c3ccc(-c4ccc(N(c5ccccc5)c5ccccc5)cc4)s3)cc2[nH]c1=O)C(=O)O. The molecule has 0 aliphatic rings. The standard InChI is InChI=1S/C35H23N3O3S/c36-22-27(35(40)41)20-26-19-24-11-12-25(21-31(24)37-34(26)39)33-18-17-32(42-33)23-13-15-30(16-14-23)38(28-7-3-1-4-8-28)29-9-5-2-6-10-29/h1-21H,(H,37,39)(H,40,41)/b27-20+. The number of thiophene rings is 1. The first-order valence-electron chi connectivity index (χ1n) is 13.1. The van der Waals surface area contributed by atoms with Gasteiger partial charge in [0.2, 0.25) is 0 Å². The molecule has 6 rings (SSSR count). The van der Waals surface area contributed by atoms with Crippen molar-refractivity contribution < 1.29 is 9.90 Å². The van der Waals surface area contributed by atoms with Gasteiger partial charge in [0.15, 0.2) is 0 Å². The van der Waals surface area contributed by atoms with Crippen LogP contribution in [-0.2, 0) is 4.79 Å². The van der Waals surface area contributed by atoms with Gasteiger partial charge in [0.1, 0.15) is 11.6 Å². The number of nitrogens with zero attached hydrogens (tertiary/aromatic N) is 2. The van der Waals surface area contributed by atoms with E-state index in [1.54, 1.807) is 23.5 Å². The summed E-state index contributed by atoms with van der Waals surface area (Å²) in [5.74, 6) is -1.37. The van der Waals surface area contributed by atoms with E-state index in [-0.39, 0.29) is 5.56 Å². The summed E-state index contributed by atoms with van der Waals surface area (Å²) in [6.45, 7) is 0. The molecular weight excluding hydrogens is 542 g/mol. The summed E-state index contributed by atoms with van der Waals surface area (Å²) < 4.78 is 0. The predicted octanol–water partition coefficient (Wildman–Crippen LogP) is 8.38. The van der Waals surface area contributed by atoms with Gasteiger partial charge in [-0.15, -0.1) is 11.3 Å². The lowest BCUT2D eigenvalue weighted by Gasteiger charge is -2.25. The fraction of sp³-hybridized carbons (Fsp3) is 0. The molecule has 2 aromatic heterocycles. The molecule has 0 fully saturated rings. The van der Waals surface area contributed by atoms with Crippen LogP contribution in [0, 0.1) is 11.3 Å². The molecule has 0 bridgehead atoms. The number of aliphatic carboxylic acids is 1. The molecule has 0 saturated carbocycles. The Morgan fingerprint density at radius 1 is 0.762 bits per heavy atom. The summed E-state index contributed by atoms with van der Waals surface area (Å²) in [6.07, 6.45) is 1.09. The van der Waals surface area contributed by atoms with E-state index >= 15 is 0 Å². The fourth-order valence-electron chi connectivity index (χ4n) is 4.80. The Hall–Kier alpha value is -5.71. The minimum absolute atomic E-state index is 0.120. The molecule has 0 unspecified atom stereocenters. The van der Waals surface area contributed by atoms with Crippen LogP contribution in [0.2, 0.25) is 0 Å². The second-order valence-corrected chi connectivity index (χ2v) is 10.6. The lowest BCUT2D eigenvalue weighted by Crippen LogP contribution is -2.10. The average molecular weight is 566 g/mol. The zero-order valence-electron chi connectivity index (χ0n) is 22.2. The van der Waals surface area contributed by atoms with Crippen molar-refractivity contribution in [3.05, 3.63) is 143 Å². The Morgan fingerprint density at radius 3 is 1.93 bits per heavy atom. The predicted molar refractivity (Wildman–Crippen MR) is 169 cm³/mol. The van der Waals surface area contributed by atoms with E-state index < -0.39 is 17.1 Å². The number of aromatic nitrogens is 1. The number of aromatic amines is 1. The highest BCUT2D eigenvalue weighted by Crippen LogP contribution is 2.38. The first kappa shape index (κ1) is 26.5. The lowest BCUT2D eigenvalue weighted by molar-refractivity contribution is -0.132. The maximum atomic E-state index is 12.6. The Balaban J connectivity index is 1.29. The van der Waals surface area contributed by atoms with Crippen molar-refractivity contribution in [2.75, 3.05) is 4.90 Å². The minimum atomic E-state index is -1.37. The van der Waals surface area contributed by atoms with Gasteiger partial charge in [-0.25, -0.2) is 4.79 Å². The van der Waals surface area contributed by atoms with Gasteiger partial charge in [-0.05, 0) is 83.3 Å². The number of carboxylic acid groups (broad SMARTS) is 1. The van der Waals surface area contributed by atoms with Gasteiger partial charge < -0.3 is 15.0 Å². The number of para-hydroxylation sites is 2. The smallest absolute Gasteiger partial charge is 0.346 e. The van der Waals surface area contributed by atoms with Crippen molar-refractivity contribution in [3.8, 4) is 27.0 Å². The number of pyridine rings is 1. The van der Waals surface area contributed by atoms with E-state index in [9.17, 15) is 9.59 Å². The van der Waals surface area contributed by atoms with Crippen molar-refractivity contribution in [1.29, 1.82) is 5.26 Å². The van der Waals surface area contributed by atoms with Gasteiger partial charge in [-0.2, -0.15) is 5.26 Å². The van der Waals surface area contributed by atoms with Crippen LogP contribution < -0.4 is 10.5 Å². The number of nitrogens with one attached hydrogen (secondary N) is 1. The topological polar surface area (TPSA) is 97.2 Å². The Kier molecular flexibility index (Phi) is 7.21. The van der Waals surface area contributed by atoms with E-state index in [4.69, 9.17) is 10.4 Å². The molecule has 7 heteroatoms. The number of hydrogen-bond donors (Lipinski definition) is 2. The van der Waals surface area contributed by atoms with Crippen molar-refractivity contribution in [2.24, 2.45) is 0 Å². The van der Waals surface area contributed by atoms with Crippen LogP contribution in [0.3, 0.4) is 0 Å². The summed E-state index contributed by atoms with van der Waals surface area (Å²) in [7, 11) is 0. The number of carbonyl (C=O) groups is 1. The molecular formula is C35H23N3O3S. The van der Waals surface area contributed by atoms with Crippen LogP contribution in [-0.4, -0.2) is 16.1 Å². The van der Waals surface area contributed by atoms with Crippen LogP contribution >= 0.6 is 11.3 Å². The van der Waals surface area contributed by atoms with Gasteiger partial charge in [0.25, 0.3) is 5.56 Å². The monoisotopic (exact) mass is 565 g/mol. The van der Waals surface area contributed by atoms with Crippen molar-refractivity contribution in [2.45, 2.75) is 0 Å². The second kappa shape index (κ2) is 11.4. The average Bonchev–Trinajstić information content (AvgIpc) is 3.52. The maximum Gasteiger partial charge on any atom is 0.346 e. The van der Waals surface area contributed by atoms with E-state index in [0.29, 0.717) is 5.52 Å². The summed E-state index contributed by atoms with van der Waals surface area (Å²) in [5.41, 5.74) is 5.08. The van der Waals surface area contributed by atoms with E-state index in [2.05, 4.69) is 70.5 Å². The molecule has 0 aliphatic heterocycles. The molecule has 0 aliphatic carbocycles. The normalized spacial score (nSPS) is 11.3. The quantitative estimate of drug-likeness (QED) is 0.150. The zero-order chi connectivity index (χ0) is 29.1. The number of nitriles is 1. The highest BCUT2D eigenvalue weighted by Gasteiger charge is 2.13. The number of benzene rings is 4. The summed E-state index contributed by atoms with van der Waals surface area (Å²) in [5, 5.41) is 18.9. The molecule has 42 heavy (non-hydrogen) atoms. The fourth-order valence-corrected chi connectivity index (χ4v) is 5.81. The Labute approximate surface area is 245 Å². The molecule has 4 aromatic carbocycles. The van der Waals surface area contributed by atoms with Gasteiger partial charge >= 0.3 is 5.97 Å². The van der Waals surface area contributed by atoms with Gasteiger partial charge in [0.05, 0.1) is 0 Å². The number of rotatable bonds is 7. The van der Waals surface area contributed by atoms with Crippen LogP contribution in [0.25, 0.3) is 37.9 Å². The number of hydrogen-bond acceptors (Lipinski definition) is 5. The number of fused-ring (bicyclic) bond motifs is 1. The minimum Gasteiger partial charge on any atom is -0.477 e.